The molecular formula is C10H12BrN3. The predicted molar refractivity (Wildman–Crippen MR) is 64.6 cm³/mol. The molecule has 14 heavy (non-hydrogen) atoms. The van der Waals surface area contributed by atoms with Gasteiger partial charge < -0.3 is 11.1 Å². The molecule has 0 saturated heterocycles. The molecule has 0 atom stereocenters. The van der Waals surface area contributed by atoms with E-state index in [2.05, 4.69) is 32.8 Å². The lowest BCUT2D eigenvalue weighted by Gasteiger charge is -2.04. The lowest BCUT2D eigenvalue weighted by Crippen LogP contribution is -2.22. The number of guanidine groups is 1. The summed E-state index contributed by atoms with van der Waals surface area (Å²) in [6, 6.07) is 9.65. The van der Waals surface area contributed by atoms with Crippen LogP contribution in [0.4, 0.5) is 5.69 Å². The zero-order valence-electron chi connectivity index (χ0n) is 7.70. The van der Waals surface area contributed by atoms with Crippen molar-refractivity contribution < 1.29 is 0 Å². The van der Waals surface area contributed by atoms with E-state index in [-0.39, 0.29) is 0 Å². The molecule has 3 N–H and O–H groups in total. The van der Waals surface area contributed by atoms with Crippen molar-refractivity contribution >= 4 is 27.6 Å². The summed E-state index contributed by atoms with van der Waals surface area (Å²) >= 11 is 3.20. The number of hydrogen-bond donors (Lipinski definition) is 2. The molecule has 1 aromatic carbocycles. The first-order valence-electron chi connectivity index (χ1n) is 4.14. The van der Waals surface area contributed by atoms with Crippen LogP contribution in [-0.2, 0) is 0 Å². The quantitative estimate of drug-likeness (QED) is 0.642. The molecule has 0 bridgehead atoms. The van der Waals surface area contributed by atoms with E-state index in [0.717, 1.165) is 10.2 Å². The van der Waals surface area contributed by atoms with E-state index >= 15 is 0 Å². The number of rotatable bonds is 3. The van der Waals surface area contributed by atoms with Crippen LogP contribution in [0.2, 0.25) is 0 Å². The molecule has 0 amide bonds. The smallest absolute Gasteiger partial charge is 0.193 e. The van der Waals surface area contributed by atoms with E-state index in [1.54, 1.807) is 0 Å². The zero-order chi connectivity index (χ0) is 10.4. The number of nitrogens with one attached hydrogen (secondary N) is 1. The Morgan fingerprint density at radius 1 is 1.43 bits per heavy atom. The van der Waals surface area contributed by atoms with Gasteiger partial charge in [0.25, 0.3) is 0 Å². The molecule has 3 nitrogen and oxygen atoms in total. The Morgan fingerprint density at radius 3 is 2.64 bits per heavy atom. The number of benzene rings is 1. The van der Waals surface area contributed by atoms with Gasteiger partial charge >= 0.3 is 0 Å². The van der Waals surface area contributed by atoms with E-state index in [1.165, 1.54) is 0 Å². The molecule has 0 aromatic heterocycles. The van der Waals surface area contributed by atoms with Crippen molar-refractivity contribution in [2.75, 3.05) is 11.9 Å². The highest BCUT2D eigenvalue weighted by Gasteiger charge is 1.92. The fourth-order valence-electron chi connectivity index (χ4n) is 0.880. The van der Waals surface area contributed by atoms with Crippen molar-refractivity contribution in [3.05, 3.63) is 41.4 Å². The summed E-state index contributed by atoms with van der Waals surface area (Å²) in [4.78, 5) is 4.06. The molecule has 4 heteroatoms. The van der Waals surface area contributed by atoms with E-state index in [1.807, 2.05) is 30.3 Å². The van der Waals surface area contributed by atoms with Crippen LogP contribution in [0.1, 0.15) is 0 Å². The van der Waals surface area contributed by atoms with Gasteiger partial charge in [-0.1, -0.05) is 40.7 Å². The molecule has 0 heterocycles. The summed E-state index contributed by atoms with van der Waals surface area (Å²) < 4.78 is 0.801. The fraction of sp³-hybridized carbons (Fsp3) is 0.100. The monoisotopic (exact) mass is 253 g/mol. The molecule has 0 aliphatic heterocycles. The summed E-state index contributed by atoms with van der Waals surface area (Å²) in [6.45, 7) is 4.14. The molecule has 1 rings (SSSR count). The first-order valence-corrected chi connectivity index (χ1v) is 4.93. The predicted octanol–water partition coefficient (Wildman–Crippen LogP) is 2.32. The van der Waals surface area contributed by atoms with Crippen molar-refractivity contribution in [2.24, 2.45) is 10.7 Å². The molecule has 0 radical (unpaired) electrons. The third-order valence-corrected chi connectivity index (χ3v) is 1.72. The lowest BCUT2D eigenvalue weighted by molar-refractivity contribution is 1.21. The topological polar surface area (TPSA) is 50.4 Å². The number of anilines is 1. The van der Waals surface area contributed by atoms with Crippen molar-refractivity contribution in [3.63, 3.8) is 0 Å². The Bertz CT molecular complexity index is 332. The standard InChI is InChI=1S/C10H12BrN3/c1-8(11)7-13-10(12)14-9-5-3-2-4-6-9/h2-6H,1,7H2,(H3,12,13,14). The largest absolute Gasteiger partial charge is 0.370 e. The summed E-state index contributed by atoms with van der Waals surface area (Å²) in [5.74, 6) is 0.386. The van der Waals surface area contributed by atoms with Crippen molar-refractivity contribution in [2.45, 2.75) is 0 Å². The second kappa shape index (κ2) is 5.44. The SMILES string of the molecule is C=C(Br)CN=C(N)Nc1ccccc1. The Morgan fingerprint density at radius 2 is 2.07 bits per heavy atom. The van der Waals surface area contributed by atoms with Gasteiger partial charge in [0, 0.05) is 10.2 Å². The zero-order valence-corrected chi connectivity index (χ0v) is 9.29. The lowest BCUT2D eigenvalue weighted by atomic mass is 10.3. The maximum absolute atomic E-state index is 5.63. The molecule has 0 aliphatic carbocycles. The van der Waals surface area contributed by atoms with Crippen LogP contribution in [-0.4, -0.2) is 12.5 Å². The average Bonchev–Trinajstić information content (AvgIpc) is 2.16. The molecule has 0 spiro atoms. The molecule has 0 unspecified atom stereocenters. The van der Waals surface area contributed by atoms with E-state index < -0.39 is 0 Å². The van der Waals surface area contributed by atoms with Crippen LogP contribution in [0.15, 0.2) is 46.4 Å². The van der Waals surface area contributed by atoms with Gasteiger partial charge in [-0.2, -0.15) is 0 Å². The fourth-order valence-corrected chi connectivity index (χ4v) is 1.01. The van der Waals surface area contributed by atoms with Crippen molar-refractivity contribution in [1.29, 1.82) is 0 Å². The van der Waals surface area contributed by atoms with E-state index in [9.17, 15) is 0 Å². The van der Waals surface area contributed by atoms with Gasteiger partial charge in [-0.05, 0) is 12.1 Å². The summed E-state index contributed by atoms with van der Waals surface area (Å²) in [5.41, 5.74) is 6.56. The average molecular weight is 254 g/mol. The summed E-state index contributed by atoms with van der Waals surface area (Å²) in [7, 11) is 0. The van der Waals surface area contributed by atoms with Crippen LogP contribution < -0.4 is 11.1 Å². The highest BCUT2D eigenvalue weighted by molar-refractivity contribution is 9.11. The third-order valence-electron chi connectivity index (χ3n) is 1.47. The van der Waals surface area contributed by atoms with Gasteiger partial charge in [-0.25, -0.2) is 4.99 Å². The van der Waals surface area contributed by atoms with Crippen LogP contribution >= 0.6 is 15.9 Å². The number of hydrogen-bond acceptors (Lipinski definition) is 1. The summed E-state index contributed by atoms with van der Waals surface area (Å²) in [6.07, 6.45) is 0. The third kappa shape index (κ3) is 4.09. The minimum atomic E-state index is 0.386. The van der Waals surface area contributed by atoms with Crippen LogP contribution in [0.5, 0.6) is 0 Å². The van der Waals surface area contributed by atoms with Gasteiger partial charge in [0.15, 0.2) is 5.96 Å². The van der Waals surface area contributed by atoms with E-state index in [4.69, 9.17) is 5.73 Å². The Labute approximate surface area is 91.9 Å². The maximum atomic E-state index is 5.63. The van der Waals surface area contributed by atoms with Crippen molar-refractivity contribution in [1.82, 2.24) is 0 Å². The van der Waals surface area contributed by atoms with Gasteiger partial charge in [-0.3, -0.25) is 0 Å². The first-order chi connectivity index (χ1) is 6.68. The van der Waals surface area contributed by atoms with Crippen molar-refractivity contribution in [3.8, 4) is 0 Å². The summed E-state index contributed by atoms with van der Waals surface area (Å²) in [5, 5.41) is 2.96. The van der Waals surface area contributed by atoms with E-state index in [0.29, 0.717) is 12.5 Å². The second-order valence-corrected chi connectivity index (χ2v) is 3.83. The van der Waals surface area contributed by atoms with Gasteiger partial charge in [-0.15, -0.1) is 0 Å². The minimum absolute atomic E-state index is 0.386. The molecule has 74 valence electrons. The number of para-hydroxylation sites is 1. The number of aliphatic imine (C=N–C) groups is 1. The Kier molecular flexibility index (Phi) is 4.19. The second-order valence-electron chi connectivity index (χ2n) is 2.71. The molecule has 0 saturated carbocycles. The maximum Gasteiger partial charge on any atom is 0.193 e. The Hall–Kier alpha value is -1.29. The molecule has 0 aliphatic rings. The minimum Gasteiger partial charge on any atom is -0.370 e. The highest BCUT2D eigenvalue weighted by Crippen LogP contribution is 2.04. The Balaban J connectivity index is 2.53. The molecule has 1 aromatic rings. The number of halogens is 1. The van der Waals surface area contributed by atoms with Gasteiger partial charge in [0.05, 0.1) is 6.54 Å². The highest BCUT2D eigenvalue weighted by atomic mass is 79.9. The van der Waals surface area contributed by atoms with Crippen LogP contribution in [0, 0.1) is 0 Å². The van der Waals surface area contributed by atoms with Crippen LogP contribution in [0.3, 0.4) is 0 Å². The van der Waals surface area contributed by atoms with Crippen LogP contribution in [0.25, 0.3) is 0 Å². The normalized spacial score (nSPS) is 11.1. The molecular weight excluding hydrogens is 242 g/mol. The number of nitrogens with two attached hydrogens (primary N) is 1. The van der Waals surface area contributed by atoms with Gasteiger partial charge in [0.2, 0.25) is 0 Å². The number of nitrogens with zero attached hydrogens (tertiary/aromatic N) is 1. The first kappa shape index (κ1) is 10.8. The molecule has 0 fully saturated rings. The van der Waals surface area contributed by atoms with Gasteiger partial charge in [0.1, 0.15) is 0 Å².